The Morgan fingerprint density at radius 2 is 1.62 bits per heavy atom. The molecule has 1 fully saturated rings. The van der Waals surface area contributed by atoms with E-state index in [9.17, 15) is 14.4 Å². The zero-order valence-corrected chi connectivity index (χ0v) is 12.8. The van der Waals surface area contributed by atoms with E-state index in [0.717, 1.165) is 0 Å². The van der Waals surface area contributed by atoms with Crippen LogP contribution in [0.5, 0.6) is 5.75 Å². The van der Waals surface area contributed by atoms with Crippen molar-refractivity contribution in [3.8, 4) is 5.75 Å². The quantitative estimate of drug-likeness (QED) is 0.393. The first-order chi connectivity index (χ1) is 11.6. The van der Waals surface area contributed by atoms with Crippen LogP contribution in [0.1, 0.15) is 17.9 Å². The van der Waals surface area contributed by atoms with Crippen molar-refractivity contribution in [1.29, 1.82) is 0 Å². The molecule has 1 unspecified atom stereocenters. The van der Waals surface area contributed by atoms with Gasteiger partial charge in [-0.25, -0.2) is 0 Å². The number of hydrogen-bond acceptors (Lipinski definition) is 4. The first kappa shape index (κ1) is 15.7. The van der Waals surface area contributed by atoms with E-state index in [1.807, 2.05) is 0 Å². The van der Waals surface area contributed by atoms with Gasteiger partial charge in [0, 0.05) is 6.42 Å². The number of benzene rings is 2. The van der Waals surface area contributed by atoms with Gasteiger partial charge in [0.1, 0.15) is 5.75 Å². The lowest BCUT2D eigenvalue weighted by Crippen LogP contribution is -2.56. The summed E-state index contributed by atoms with van der Waals surface area (Å²) in [5.74, 6) is -2.25. The molecule has 0 aliphatic carbocycles. The third kappa shape index (κ3) is 3.43. The number of carbonyl (C=O) groups is 3. The van der Waals surface area contributed by atoms with E-state index < -0.39 is 17.8 Å². The van der Waals surface area contributed by atoms with Crippen molar-refractivity contribution < 1.29 is 19.1 Å². The predicted molar refractivity (Wildman–Crippen MR) is 85.7 cm³/mol. The molecule has 1 aliphatic rings. The van der Waals surface area contributed by atoms with Crippen LogP contribution in [0.2, 0.25) is 0 Å². The summed E-state index contributed by atoms with van der Waals surface area (Å²) in [4.78, 5) is 36.4. The van der Waals surface area contributed by atoms with Crippen LogP contribution >= 0.6 is 0 Å². The van der Waals surface area contributed by atoms with Crippen molar-refractivity contribution in [2.75, 3.05) is 6.54 Å². The number of ether oxygens (including phenoxy) is 1. The van der Waals surface area contributed by atoms with E-state index in [1.54, 1.807) is 60.7 Å². The molecule has 6 nitrogen and oxygen atoms in total. The Kier molecular flexibility index (Phi) is 4.56. The molecule has 0 spiro atoms. The van der Waals surface area contributed by atoms with Gasteiger partial charge in [0.25, 0.3) is 5.91 Å². The smallest absolute Gasteiger partial charge is 0.328 e. The van der Waals surface area contributed by atoms with E-state index in [4.69, 9.17) is 4.74 Å². The standard InChI is InChI=1S/C18H16N2O4/c21-15-11-12-20(15)19-17(22)16(13-7-3-1-4-8-13)18(23)24-14-9-5-2-6-10-14/h1-10,16H,11-12H2,(H,19,22). The van der Waals surface area contributed by atoms with Gasteiger partial charge in [-0.05, 0) is 17.7 Å². The number of nitrogens with zero attached hydrogens (tertiary/aromatic N) is 1. The Labute approximate surface area is 139 Å². The summed E-state index contributed by atoms with van der Waals surface area (Å²) in [5.41, 5.74) is 2.98. The molecule has 1 N–H and O–H groups in total. The summed E-state index contributed by atoms with van der Waals surface area (Å²) >= 11 is 0. The van der Waals surface area contributed by atoms with Gasteiger partial charge in [-0.2, -0.15) is 0 Å². The van der Waals surface area contributed by atoms with Crippen LogP contribution in [0, 0.1) is 0 Å². The lowest BCUT2D eigenvalue weighted by atomic mass is 9.98. The van der Waals surface area contributed by atoms with Crippen molar-refractivity contribution in [2.45, 2.75) is 12.3 Å². The molecule has 3 rings (SSSR count). The van der Waals surface area contributed by atoms with Crippen molar-refractivity contribution in [3.63, 3.8) is 0 Å². The van der Waals surface area contributed by atoms with Crippen LogP contribution < -0.4 is 10.2 Å². The second-order valence-corrected chi connectivity index (χ2v) is 5.35. The SMILES string of the molecule is O=C(NN1CCC1=O)C(C(=O)Oc1ccccc1)c1ccccc1. The molecular weight excluding hydrogens is 308 g/mol. The highest BCUT2D eigenvalue weighted by Gasteiger charge is 2.34. The molecule has 1 atom stereocenters. The van der Waals surface area contributed by atoms with Crippen molar-refractivity contribution in [3.05, 3.63) is 66.2 Å². The molecule has 2 aromatic rings. The molecular formula is C18H16N2O4. The molecule has 0 aromatic heterocycles. The molecule has 2 amide bonds. The van der Waals surface area contributed by atoms with E-state index in [1.165, 1.54) is 5.01 Å². The summed E-state index contributed by atoms with van der Waals surface area (Å²) in [6.45, 7) is 0.444. The van der Waals surface area contributed by atoms with Gasteiger partial charge < -0.3 is 4.74 Å². The van der Waals surface area contributed by atoms with Crippen LogP contribution in [0.25, 0.3) is 0 Å². The number of hydrazine groups is 1. The molecule has 1 aliphatic heterocycles. The molecule has 24 heavy (non-hydrogen) atoms. The molecule has 0 saturated carbocycles. The number of β-lactam (4-membered cyclic amide) rings is 1. The number of carbonyl (C=O) groups excluding carboxylic acids is 3. The molecule has 122 valence electrons. The summed E-state index contributed by atoms with van der Waals surface area (Å²) in [6, 6.07) is 17.2. The number of rotatable bonds is 5. The van der Waals surface area contributed by atoms with Crippen LogP contribution in [-0.4, -0.2) is 29.3 Å². The van der Waals surface area contributed by atoms with E-state index in [-0.39, 0.29) is 5.91 Å². The normalized spacial score (nSPS) is 14.5. The zero-order valence-electron chi connectivity index (χ0n) is 12.8. The van der Waals surface area contributed by atoms with Crippen LogP contribution in [0.3, 0.4) is 0 Å². The summed E-state index contributed by atoms with van der Waals surface area (Å²) in [7, 11) is 0. The fourth-order valence-electron chi connectivity index (χ4n) is 2.33. The number of para-hydroxylation sites is 1. The van der Waals surface area contributed by atoms with Gasteiger partial charge in [0.05, 0.1) is 6.54 Å². The minimum atomic E-state index is -1.15. The Hall–Kier alpha value is -3.15. The lowest BCUT2D eigenvalue weighted by Gasteiger charge is -2.31. The van der Waals surface area contributed by atoms with Crippen molar-refractivity contribution >= 4 is 17.8 Å². The minimum absolute atomic E-state index is 0.174. The number of nitrogens with one attached hydrogen (secondary N) is 1. The predicted octanol–water partition coefficient (Wildman–Crippen LogP) is 1.64. The molecule has 6 heteroatoms. The van der Waals surface area contributed by atoms with Gasteiger partial charge in [0.2, 0.25) is 5.91 Å². The molecule has 1 saturated heterocycles. The van der Waals surface area contributed by atoms with E-state index in [2.05, 4.69) is 5.43 Å². The molecule has 1 heterocycles. The average Bonchev–Trinajstić information content (AvgIpc) is 2.60. The lowest BCUT2D eigenvalue weighted by molar-refractivity contribution is -0.153. The Morgan fingerprint density at radius 1 is 1.00 bits per heavy atom. The summed E-state index contributed by atoms with van der Waals surface area (Å²) < 4.78 is 5.31. The fraction of sp³-hybridized carbons (Fsp3) is 0.167. The van der Waals surface area contributed by atoms with Crippen LogP contribution in [-0.2, 0) is 14.4 Å². The highest BCUT2D eigenvalue weighted by Crippen LogP contribution is 2.21. The average molecular weight is 324 g/mol. The second-order valence-electron chi connectivity index (χ2n) is 5.35. The fourth-order valence-corrected chi connectivity index (χ4v) is 2.33. The van der Waals surface area contributed by atoms with Gasteiger partial charge in [-0.3, -0.25) is 24.8 Å². The minimum Gasteiger partial charge on any atom is -0.426 e. The van der Waals surface area contributed by atoms with Crippen LogP contribution in [0.15, 0.2) is 60.7 Å². The maximum atomic E-state index is 12.5. The van der Waals surface area contributed by atoms with Gasteiger partial charge >= 0.3 is 5.97 Å². The Morgan fingerprint density at radius 3 is 2.17 bits per heavy atom. The van der Waals surface area contributed by atoms with Gasteiger partial charge in [-0.15, -0.1) is 0 Å². The van der Waals surface area contributed by atoms with Gasteiger partial charge in [0.15, 0.2) is 5.92 Å². The Balaban J connectivity index is 1.80. The molecule has 2 aromatic carbocycles. The second kappa shape index (κ2) is 6.95. The van der Waals surface area contributed by atoms with Crippen molar-refractivity contribution in [1.82, 2.24) is 10.4 Å². The van der Waals surface area contributed by atoms with E-state index in [0.29, 0.717) is 24.3 Å². The number of amides is 2. The maximum Gasteiger partial charge on any atom is 0.328 e. The summed E-state index contributed by atoms with van der Waals surface area (Å²) in [6.07, 6.45) is 0.394. The zero-order chi connectivity index (χ0) is 16.9. The third-order valence-electron chi connectivity index (χ3n) is 3.69. The summed E-state index contributed by atoms with van der Waals surface area (Å²) in [5, 5.41) is 1.20. The number of hydrogen-bond donors (Lipinski definition) is 1. The maximum absolute atomic E-state index is 12.5. The first-order valence-corrected chi connectivity index (χ1v) is 7.58. The van der Waals surface area contributed by atoms with E-state index >= 15 is 0 Å². The van der Waals surface area contributed by atoms with Crippen molar-refractivity contribution in [2.24, 2.45) is 0 Å². The third-order valence-corrected chi connectivity index (χ3v) is 3.69. The monoisotopic (exact) mass is 324 g/mol. The molecule has 0 radical (unpaired) electrons. The number of esters is 1. The first-order valence-electron chi connectivity index (χ1n) is 7.58. The highest BCUT2D eigenvalue weighted by atomic mass is 16.5. The topological polar surface area (TPSA) is 75.7 Å². The van der Waals surface area contributed by atoms with Crippen LogP contribution in [0.4, 0.5) is 0 Å². The molecule has 0 bridgehead atoms. The largest absolute Gasteiger partial charge is 0.426 e. The Bertz CT molecular complexity index is 746. The highest BCUT2D eigenvalue weighted by molar-refractivity contribution is 6.04. The van der Waals surface area contributed by atoms with Gasteiger partial charge in [-0.1, -0.05) is 48.5 Å².